The van der Waals surface area contributed by atoms with Crippen molar-refractivity contribution < 1.29 is 9.30 Å². The van der Waals surface area contributed by atoms with Gasteiger partial charge in [-0.05, 0) is 93.2 Å². The third kappa shape index (κ3) is 4.06. The second-order valence-electron chi connectivity index (χ2n) is 18.5. The number of para-hydroxylation sites is 2. The lowest BCUT2D eigenvalue weighted by atomic mass is 9.74. The molecule has 57 heavy (non-hydrogen) atoms. The summed E-state index contributed by atoms with van der Waals surface area (Å²) in [6.07, 6.45) is 2.22. The van der Waals surface area contributed by atoms with Crippen molar-refractivity contribution in [2.45, 2.75) is 64.1 Å². The van der Waals surface area contributed by atoms with Crippen LogP contribution in [-0.4, -0.2) is 17.8 Å². The summed E-state index contributed by atoms with van der Waals surface area (Å²) in [5, 5.41) is 2.52. The maximum Gasteiger partial charge on any atom is 0.296 e. The minimum Gasteiger partial charge on any atom is -0.456 e. The Morgan fingerprint density at radius 1 is 0.579 bits per heavy atom. The topological polar surface area (TPSA) is 24.5 Å². The zero-order valence-electron chi connectivity index (χ0n) is 33.6. The van der Waals surface area contributed by atoms with Gasteiger partial charge >= 0.3 is 0 Å². The van der Waals surface area contributed by atoms with Gasteiger partial charge in [-0.1, -0.05) is 120 Å². The molecule has 4 aliphatic heterocycles. The molecule has 0 bridgehead atoms. The van der Waals surface area contributed by atoms with E-state index in [-0.39, 0.29) is 17.0 Å². The van der Waals surface area contributed by atoms with Crippen molar-refractivity contribution in [1.82, 2.24) is 4.57 Å². The Hall–Kier alpha value is -6.33. The molecule has 1 spiro atoms. The first-order chi connectivity index (χ1) is 27.5. The number of hydrogen-bond acceptors (Lipinski definition) is 3. The normalized spacial score (nSPS) is 18.4. The van der Waals surface area contributed by atoms with E-state index >= 15 is 0 Å². The van der Waals surface area contributed by atoms with E-state index in [0.717, 1.165) is 11.5 Å². The number of fused-ring (bicyclic) bond motifs is 8. The molecule has 4 aliphatic rings. The minimum atomic E-state index is -0.646. The first-order valence-electron chi connectivity index (χ1n) is 20.3. The van der Waals surface area contributed by atoms with Crippen LogP contribution < -0.4 is 19.1 Å². The molecule has 0 saturated carbocycles. The Bertz CT molecular complexity index is 3040. The summed E-state index contributed by atoms with van der Waals surface area (Å²) >= 11 is 0. The van der Waals surface area contributed by atoms with Gasteiger partial charge in [0.2, 0.25) is 5.54 Å². The van der Waals surface area contributed by atoms with Gasteiger partial charge in [0.25, 0.3) is 5.65 Å². The molecular formula is C52H45N4O+. The molecule has 5 heteroatoms. The number of aromatic nitrogens is 2. The molecule has 278 valence electrons. The maximum atomic E-state index is 7.34. The van der Waals surface area contributed by atoms with E-state index in [2.05, 4.69) is 207 Å². The summed E-state index contributed by atoms with van der Waals surface area (Å²) in [5.41, 5.74) is 16.4. The van der Waals surface area contributed by atoms with Crippen LogP contribution in [0.4, 0.5) is 17.1 Å². The molecule has 2 atom stereocenters. The van der Waals surface area contributed by atoms with Crippen molar-refractivity contribution in [1.29, 1.82) is 0 Å². The van der Waals surface area contributed by atoms with Crippen LogP contribution in [0.25, 0.3) is 49.9 Å². The van der Waals surface area contributed by atoms with Crippen LogP contribution in [0.2, 0.25) is 0 Å². The van der Waals surface area contributed by atoms with E-state index < -0.39 is 5.54 Å². The van der Waals surface area contributed by atoms with Crippen molar-refractivity contribution >= 4 is 39.0 Å². The second-order valence-corrected chi connectivity index (χ2v) is 18.5. The summed E-state index contributed by atoms with van der Waals surface area (Å²) in [7, 11) is 2.32. The van der Waals surface area contributed by atoms with Crippen LogP contribution in [0.15, 0.2) is 140 Å². The second kappa shape index (κ2) is 10.7. The Balaban J connectivity index is 1.20. The van der Waals surface area contributed by atoms with E-state index in [1.165, 1.54) is 89.2 Å². The zero-order chi connectivity index (χ0) is 38.7. The van der Waals surface area contributed by atoms with Crippen LogP contribution in [0.5, 0.6) is 11.5 Å². The molecule has 2 aromatic heterocycles. The highest BCUT2D eigenvalue weighted by Gasteiger charge is 2.69. The molecule has 0 saturated heterocycles. The van der Waals surface area contributed by atoms with Crippen molar-refractivity contribution in [3.63, 3.8) is 0 Å². The van der Waals surface area contributed by atoms with Gasteiger partial charge in [-0.25, -0.2) is 4.57 Å². The Morgan fingerprint density at radius 3 is 1.91 bits per heavy atom. The SMILES string of the molecule is CN1c2c(-c3ccc(-c4ccccc4)cc3)cccc2N2c3cc(C(C)(C)C)cc4c3C3(c5c(cc(C(C)(C)C)cc5-n5c6ccccc6c6ccc[n+]3c65)O4)C12. The van der Waals surface area contributed by atoms with Crippen molar-refractivity contribution in [3.8, 4) is 39.4 Å². The highest BCUT2D eigenvalue weighted by atomic mass is 16.5. The highest BCUT2D eigenvalue weighted by molar-refractivity contribution is 6.08. The average Bonchev–Trinajstić information content (AvgIpc) is 3.82. The lowest BCUT2D eigenvalue weighted by Crippen LogP contribution is -2.70. The van der Waals surface area contributed by atoms with Gasteiger partial charge in [-0.2, -0.15) is 4.57 Å². The van der Waals surface area contributed by atoms with Crippen LogP contribution in [0, 0.1) is 0 Å². The first-order valence-corrected chi connectivity index (χ1v) is 20.3. The molecule has 0 radical (unpaired) electrons. The number of nitrogens with zero attached hydrogens (tertiary/aromatic N) is 4. The molecule has 8 aromatic rings. The minimum absolute atomic E-state index is 0.0955. The quantitative estimate of drug-likeness (QED) is 0.165. The number of hydrogen-bond donors (Lipinski definition) is 0. The molecular weight excluding hydrogens is 697 g/mol. The number of likely N-dealkylation sites (N-methyl/N-ethyl adjacent to an activating group) is 1. The summed E-state index contributed by atoms with van der Waals surface area (Å²) in [4.78, 5) is 5.23. The van der Waals surface area contributed by atoms with E-state index in [9.17, 15) is 0 Å². The maximum absolute atomic E-state index is 7.34. The fraction of sp³-hybridized carbons (Fsp3) is 0.212. The number of pyridine rings is 1. The monoisotopic (exact) mass is 741 g/mol. The molecule has 0 fully saturated rings. The van der Waals surface area contributed by atoms with Crippen molar-refractivity contribution in [2.75, 3.05) is 16.8 Å². The molecule has 6 aromatic carbocycles. The molecule has 12 rings (SSSR count). The van der Waals surface area contributed by atoms with Gasteiger partial charge in [0.1, 0.15) is 22.7 Å². The molecule has 0 amide bonds. The number of rotatable bonds is 2. The summed E-state index contributed by atoms with van der Waals surface area (Å²) in [6, 6.07) is 49.7. The van der Waals surface area contributed by atoms with Crippen LogP contribution >= 0.6 is 0 Å². The average molecular weight is 742 g/mol. The van der Waals surface area contributed by atoms with E-state index in [1.54, 1.807) is 0 Å². The van der Waals surface area contributed by atoms with Crippen LogP contribution in [-0.2, 0) is 16.4 Å². The fourth-order valence-electron chi connectivity index (χ4n) is 10.7. The predicted molar refractivity (Wildman–Crippen MR) is 233 cm³/mol. The van der Waals surface area contributed by atoms with Crippen molar-refractivity contribution in [3.05, 3.63) is 162 Å². The molecule has 5 nitrogen and oxygen atoms in total. The van der Waals surface area contributed by atoms with Gasteiger partial charge in [-0.3, -0.25) is 0 Å². The largest absolute Gasteiger partial charge is 0.456 e. The van der Waals surface area contributed by atoms with E-state index in [4.69, 9.17) is 4.74 Å². The summed E-state index contributed by atoms with van der Waals surface area (Å²) < 4.78 is 12.5. The summed E-state index contributed by atoms with van der Waals surface area (Å²) in [5.74, 6) is 1.89. The van der Waals surface area contributed by atoms with Gasteiger partial charge in [-0.15, -0.1) is 0 Å². The standard InChI is InChI=1S/C52H45N4O/c1-50(2,3)34-27-41-45-43(29-34)57-44-30-35(51(4,5)6)28-42-46(44)52(45,54-26-14-19-38-37-17-11-12-20-39(37)55(41)48(38)54)49-53(7)47-36(18-13-21-40(47)56(42)49)33-24-22-32(23-25-33)31-15-9-8-10-16-31/h8-30,49H,1-7H3/q+1. The molecule has 2 unspecified atom stereocenters. The third-order valence-electron chi connectivity index (χ3n) is 13.3. The first kappa shape index (κ1) is 32.9. The molecule has 0 aliphatic carbocycles. The van der Waals surface area contributed by atoms with E-state index in [1.807, 2.05) is 0 Å². The number of benzene rings is 6. The zero-order valence-corrected chi connectivity index (χ0v) is 33.6. The number of ether oxygens (including phenoxy) is 1. The third-order valence-corrected chi connectivity index (χ3v) is 13.3. The molecule has 0 N–H and O–H groups in total. The fourth-order valence-corrected chi connectivity index (χ4v) is 10.7. The van der Waals surface area contributed by atoms with Crippen LogP contribution in [0.3, 0.4) is 0 Å². The Kier molecular flexibility index (Phi) is 6.19. The van der Waals surface area contributed by atoms with Gasteiger partial charge < -0.3 is 14.5 Å². The van der Waals surface area contributed by atoms with Gasteiger partial charge in [0.15, 0.2) is 6.17 Å². The van der Waals surface area contributed by atoms with Gasteiger partial charge in [0.05, 0.1) is 39.8 Å². The van der Waals surface area contributed by atoms with Crippen molar-refractivity contribution in [2.24, 2.45) is 0 Å². The van der Waals surface area contributed by atoms with E-state index in [0.29, 0.717) is 0 Å². The molecule has 6 heterocycles. The Morgan fingerprint density at radius 2 is 1.19 bits per heavy atom. The number of anilines is 3. The highest BCUT2D eigenvalue weighted by Crippen LogP contribution is 2.67. The Labute approximate surface area is 334 Å². The summed E-state index contributed by atoms with van der Waals surface area (Å²) in [6.45, 7) is 13.9. The lowest BCUT2D eigenvalue weighted by Gasteiger charge is -2.44. The predicted octanol–water partition coefficient (Wildman–Crippen LogP) is 12.1. The lowest BCUT2D eigenvalue weighted by molar-refractivity contribution is -0.725. The van der Waals surface area contributed by atoms with Gasteiger partial charge in [0, 0.05) is 18.0 Å². The smallest absolute Gasteiger partial charge is 0.296 e. The van der Waals surface area contributed by atoms with Crippen LogP contribution in [0.1, 0.15) is 63.8 Å².